The average molecular weight is 267 g/mol. The third-order valence-electron chi connectivity index (χ3n) is 2.84. The fourth-order valence-electron chi connectivity index (χ4n) is 1.99. The Morgan fingerprint density at radius 2 is 2.21 bits per heavy atom. The van der Waals surface area contributed by atoms with E-state index in [1.54, 1.807) is 11.3 Å². The number of fused-ring (bicyclic) bond motifs is 1. The highest BCUT2D eigenvalue weighted by Crippen LogP contribution is 2.18. The summed E-state index contributed by atoms with van der Waals surface area (Å²) in [5, 5.41) is 2.07. The van der Waals surface area contributed by atoms with Crippen LogP contribution < -0.4 is 5.73 Å². The minimum atomic E-state index is 0.400. The van der Waals surface area contributed by atoms with Gasteiger partial charge in [-0.05, 0) is 18.2 Å². The fourth-order valence-corrected chi connectivity index (χ4v) is 2.80. The lowest BCUT2D eigenvalue weighted by atomic mass is 10.3. The molecule has 0 radical (unpaired) electrons. The van der Waals surface area contributed by atoms with Crippen molar-refractivity contribution >= 4 is 22.4 Å². The molecular formula is C15H13N3S. The number of para-hydroxylation sites is 2. The molecule has 0 atom stereocenters. The summed E-state index contributed by atoms with van der Waals surface area (Å²) in [6.45, 7) is 1.23. The zero-order valence-electron chi connectivity index (χ0n) is 10.3. The molecule has 0 amide bonds. The van der Waals surface area contributed by atoms with Crippen LogP contribution in [0, 0.1) is 11.8 Å². The highest BCUT2D eigenvalue weighted by Gasteiger charge is 2.04. The summed E-state index contributed by atoms with van der Waals surface area (Å²) in [4.78, 5) is 5.66. The van der Waals surface area contributed by atoms with Gasteiger partial charge in [0.05, 0.1) is 30.5 Å². The molecule has 0 aliphatic carbocycles. The molecule has 0 spiro atoms. The Labute approximate surface area is 115 Å². The number of hydrogen-bond donors (Lipinski definition) is 1. The number of benzene rings is 1. The van der Waals surface area contributed by atoms with E-state index in [9.17, 15) is 0 Å². The second-order valence-corrected chi connectivity index (χ2v) is 5.16. The molecule has 4 heteroatoms. The molecule has 0 fully saturated rings. The maximum Gasteiger partial charge on any atom is 0.0961 e. The molecule has 0 saturated heterocycles. The van der Waals surface area contributed by atoms with Gasteiger partial charge in [-0.25, -0.2) is 4.98 Å². The van der Waals surface area contributed by atoms with E-state index < -0.39 is 0 Å². The largest absolute Gasteiger partial charge is 0.325 e. The lowest BCUT2D eigenvalue weighted by Gasteiger charge is -2.00. The van der Waals surface area contributed by atoms with Gasteiger partial charge in [-0.15, -0.1) is 11.3 Å². The molecule has 0 unspecified atom stereocenters. The van der Waals surface area contributed by atoms with Gasteiger partial charge in [0, 0.05) is 15.8 Å². The molecule has 0 aliphatic rings. The molecule has 3 rings (SSSR count). The first kappa shape index (κ1) is 12.0. The number of rotatable bonds is 2. The first-order valence-electron chi connectivity index (χ1n) is 6.03. The van der Waals surface area contributed by atoms with E-state index in [2.05, 4.69) is 38.9 Å². The second-order valence-electron chi connectivity index (χ2n) is 4.17. The molecule has 0 saturated carbocycles. The van der Waals surface area contributed by atoms with Crippen LogP contribution >= 0.6 is 11.3 Å². The van der Waals surface area contributed by atoms with Crippen molar-refractivity contribution in [3.63, 3.8) is 0 Å². The molecule has 94 valence electrons. The van der Waals surface area contributed by atoms with Crippen molar-refractivity contribution in [2.45, 2.75) is 6.54 Å². The van der Waals surface area contributed by atoms with Gasteiger partial charge in [0.15, 0.2) is 0 Å². The number of aromatic nitrogens is 2. The lowest BCUT2D eigenvalue weighted by Crippen LogP contribution is -1.95. The van der Waals surface area contributed by atoms with Gasteiger partial charge >= 0.3 is 0 Å². The maximum atomic E-state index is 5.37. The zero-order chi connectivity index (χ0) is 13.1. The molecule has 19 heavy (non-hydrogen) atoms. The molecule has 2 N–H and O–H groups in total. The van der Waals surface area contributed by atoms with Crippen LogP contribution in [-0.4, -0.2) is 16.1 Å². The van der Waals surface area contributed by atoms with Crippen LogP contribution in [0.3, 0.4) is 0 Å². The molecule has 2 heterocycles. The molecule has 3 nitrogen and oxygen atoms in total. The minimum Gasteiger partial charge on any atom is -0.325 e. The first-order chi connectivity index (χ1) is 9.36. The van der Waals surface area contributed by atoms with Crippen LogP contribution in [0.2, 0.25) is 0 Å². The van der Waals surface area contributed by atoms with Gasteiger partial charge in [0.1, 0.15) is 0 Å². The van der Waals surface area contributed by atoms with Gasteiger partial charge < -0.3 is 10.3 Å². The summed E-state index contributed by atoms with van der Waals surface area (Å²) < 4.78 is 2.15. The number of nitrogens with zero attached hydrogens (tertiary/aromatic N) is 2. The van der Waals surface area contributed by atoms with E-state index in [4.69, 9.17) is 5.73 Å². The quantitative estimate of drug-likeness (QED) is 0.725. The Morgan fingerprint density at radius 3 is 3.11 bits per heavy atom. The topological polar surface area (TPSA) is 43.8 Å². The average Bonchev–Trinajstić information content (AvgIpc) is 3.05. The summed E-state index contributed by atoms with van der Waals surface area (Å²) in [5.74, 6) is 5.92. The van der Waals surface area contributed by atoms with E-state index >= 15 is 0 Å². The standard InChI is InChI=1S/C15H13N3S/c16-7-3-4-12-8-13(19-10-12)9-18-11-17-14-5-1-2-6-15(14)18/h1-2,5-6,8,10-11H,7,9,16H2. The van der Waals surface area contributed by atoms with E-state index in [-0.39, 0.29) is 0 Å². The van der Waals surface area contributed by atoms with Gasteiger partial charge in [0.25, 0.3) is 0 Å². The van der Waals surface area contributed by atoms with Gasteiger partial charge in [-0.2, -0.15) is 0 Å². The van der Waals surface area contributed by atoms with E-state index in [1.165, 1.54) is 4.88 Å². The van der Waals surface area contributed by atoms with Gasteiger partial charge in [0.2, 0.25) is 0 Å². The number of nitrogens with two attached hydrogens (primary N) is 1. The van der Waals surface area contributed by atoms with Crippen LogP contribution in [-0.2, 0) is 6.54 Å². The Morgan fingerprint density at radius 1 is 1.32 bits per heavy atom. The third kappa shape index (κ3) is 2.53. The zero-order valence-corrected chi connectivity index (χ0v) is 11.2. The lowest BCUT2D eigenvalue weighted by molar-refractivity contribution is 0.838. The monoisotopic (exact) mass is 267 g/mol. The van der Waals surface area contributed by atoms with Crippen molar-refractivity contribution in [1.29, 1.82) is 0 Å². The Hall–Kier alpha value is -2.09. The highest BCUT2D eigenvalue weighted by atomic mass is 32.1. The van der Waals surface area contributed by atoms with Crippen LogP contribution in [0.4, 0.5) is 0 Å². The normalized spacial score (nSPS) is 10.4. The van der Waals surface area contributed by atoms with Crippen molar-refractivity contribution in [3.8, 4) is 11.8 Å². The number of imidazole rings is 1. The second kappa shape index (κ2) is 5.27. The molecule has 3 aromatic rings. The molecule has 2 aromatic heterocycles. The summed E-state index contributed by atoms with van der Waals surface area (Å²) in [7, 11) is 0. The predicted octanol–water partition coefficient (Wildman–Crippen LogP) is 2.46. The van der Waals surface area contributed by atoms with Gasteiger partial charge in [-0.1, -0.05) is 24.0 Å². The van der Waals surface area contributed by atoms with Crippen LogP contribution in [0.15, 0.2) is 42.0 Å². The van der Waals surface area contributed by atoms with Crippen LogP contribution in [0.1, 0.15) is 10.4 Å². The van der Waals surface area contributed by atoms with Crippen molar-refractivity contribution in [2.75, 3.05) is 6.54 Å². The highest BCUT2D eigenvalue weighted by molar-refractivity contribution is 7.10. The fraction of sp³-hybridized carbons (Fsp3) is 0.133. The Kier molecular flexibility index (Phi) is 3.32. The van der Waals surface area contributed by atoms with Crippen molar-refractivity contribution in [3.05, 3.63) is 52.5 Å². The smallest absolute Gasteiger partial charge is 0.0961 e. The number of thiophene rings is 1. The van der Waals surface area contributed by atoms with Crippen molar-refractivity contribution < 1.29 is 0 Å². The summed E-state index contributed by atoms with van der Waals surface area (Å²) >= 11 is 1.71. The maximum absolute atomic E-state index is 5.37. The van der Waals surface area contributed by atoms with Crippen LogP contribution in [0.25, 0.3) is 11.0 Å². The van der Waals surface area contributed by atoms with Gasteiger partial charge in [-0.3, -0.25) is 0 Å². The van der Waals surface area contributed by atoms with E-state index in [0.717, 1.165) is 23.1 Å². The Bertz CT molecular complexity index is 758. The van der Waals surface area contributed by atoms with Crippen LogP contribution in [0.5, 0.6) is 0 Å². The van der Waals surface area contributed by atoms with E-state index in [1.807, 2.05) is 24.5 Å². The molecular weight excluding hydrogens is 254 g/mol. The summed E-state index contributed by atoms with van der Waals surface area (Å²) in [5.41, 5.74) is 8.60. The summed E-state index contributed by atoms with van der Waals surface area (Å²) in [6, 6.07) is 10.3. The SMILES string of the molecule is NCC#Cc1csc(Cn2cnc3ccccc32)c1. The molecule has 1 aromatic carbocycles. The minimum absolute atomic E-state index is 0.400. The first-order valence-corrected chi connectivity index (χ1v) is 6.91. The third-order valence-corrected chi connectivity index (χ3v) is 3.76. The van der Waals surface area contributed by atoms with E-state index in [0.29, 0.717) is 6.54 Å². The van der Waals surface area contributed by atoms with Crippen molar-refractivity contribution in [2.24, 2.45) is 5.73 Å². The van der Waals surface area contributed by atoms with Crippen molar-refractivity contribution in [1.82, 2.24) is 9.55 Å². The Balaban J connectivity index is 1.87. The molecule has 0 bridgehead atoms. The number of hydrogen-bond acceptors (Lipinski definition) is 3. The molecule has 0 aliphatic heterocycles. The predicted molar refractivity (Wildman–Crippen MR) is 79.1 cm³/mol. The summed E-state index contributed by atoms with van der Waals surface area (Å²) in [6.07, 6.45) is 1.88.